The molecule has 0 bridgehead atoms. The van der Waals surface area contributed by atoms with Crippen molar-refractivity contribution in [2.75, 3.05) is 18.5 Å². The van der Waals surface area contributed by atoms with E-state index < -0.39 is 12.5 Å². The summed E-state index contributed by atoms with van der Waals surface area (Å²) in [6, 6.07) is 2.95. The molecule has 1 amide bonds. The van der Waals surface area contributed by atoms with E-state index in [1.165, 1.54) is 6.07 Å². The lowest BCUT2D eigenvalue weighted by Crippen LogP contribution is -2.19. The lowest BCUT2D eigenvalue weighted by molar-refractivity contribution is 0.0568. The molecule has 5 rings (SSSR count). The van der Waals surface area contributed by atoms with E-state index in [0.29, 0.717) is 28.9 Å². The van der Waals surface area contributed by atoms with Crippen molar-refractivity contribution >= 4 is 28.5 Å². The zero-order valence-corrected chi connectivity index (χ0v) is 17.9. The Balaban J connectivity index is 1.46. The Labute approximate surface area is 188 Å². The molecular formula is C22H24F2N6O3. The topological polar surface area (TPSA) is 96.1 Å². The Morgan fingerprint density at radius 2 is 2.09 bits per heavy atom. The molecule has 0 spiro atoms. The summed E-state index contributed by atoms with van der Waals surface area (Å²) >= 11 is 0. The molecule has 2 aliphatic rings. The molecule has 1 saturated heterocycles. The van der Waals surface area contributed by atoms with Crippen LogP contribution >= 0.6 is 0 Å². The van der Waals surface area contributed by atoms with Gasteiger partial charge in [-0.25, -0.2) is 9.36 Å². The molecule has 11 heteroatoms. The molecule has 0 unspecified atom stereocenters. The number of pyridine rings is 1. The van der Waals surface area contributed by atoms with Crippen molar-refractivity contribution in [3.8, 4) is 5.88 Å². The second-order valence-corrected chi connectivity index (χ2v) is 8.32. The molecule has 3 aromatic heterocycles. The molecule has 9 nitrogen and oxygen atoms in total. The van der Waals surface area contributed by atoms with Crippen molar-refractivity contribution in [2.45, 2.75) is 44.8 Å². The fourth-order valence-electron chi connectivity index (χ4n) is 4.19. The summed E-state index contributed by atoms with van der Waals surface area (Å²) in [7, 11) is 0. The largest absolute Gasteiger partial charge is 0.474 e. The highest BCUT2D eigenvalue weighted by atomic mass is 19.3. The minimum Gasteiger partial charge on any atom is -0.474 e. The lowest BCUT2D eigenvalue weighted by atomic mass is 10.1. The first-order valence-corrected chi connectivity index (χ1v) is 11.0. The fourth-order valence-corrected chi connectivity index (χ4v) is 4.19. The van der Waals surface area contributed by atoms with Gasteiger partial charge in [-0.1, -0.05) is 6.58 Å². The molecule has 3 aromatic rings. The Bertz CT molecular complexity index is 1180. The number of carbonyl (C=O) groups excluding carboxylic acids is 1. The highest BCUT2D eigenvalue weighted by Gasteiger charge is 2.25. The van der Waals surface area contributed by atoms with Gasteiger partial charge in [0.05, 0.1) is 6.61 Å². The maximum Gasteiger partial charge on any atom is 0.333 e. The van der Waals surface area contributed by atoms with Gasteiger partial charge < -0.3 is 14.8 Å². The Morgan fingerprint density at radius 1 is 1.27 bits per heavy atom. The minimum absolute atomic E-state index is 0.0116. The van der Waals surface area contributed by atoms with E-state index in [0.717, 1.165) is 44.0 Å². The van der Waals surface area contributed by atoms with E-state index in [1.807, 2.05) is 0 Å². The zero-order chi connectivity index (χ0) is 22.9. The third-order valence-corrected chi connectivity index (χ3v) is 6.03. The first-order chi connectivity index (χ1) is 16.0. The maximum absolute atomic E-state index is 13.1. The molecule has 4 heterocycles. The highest BCUT2D eigenvalue weighted by molar-refractivity contribution is 6.07. The van der Waals surface area contributed by atoms with Crippen molar-refractivity contribution in [3.63, 3.8) is 0 Å². The normalized spacial score (nSPS) is 18.9. The quantitative estimate of drug-likeness (QED) is 0.573. The highest BCUT2D eigenvalue weighted by Crippen LogP contribution is 2.30. The molecule has 174 valence electrons. The van der Waals surface area contributed by atoms with Crippen LogP contribution in [0.2, 0.25) is 0 Å². The standard InChI is InChI=1S/C22H24F2N6O3/c1-13(14-7-9-32-12-14)30-11-15-10-17(20(31)25-18-6-8-29(27-18)22(23)24)21(26-19(15)28-30)33-16-4-2-3-5-16/h6,8,10-11,14,16,22H,1-5,7,9,12H2,(H,25,27,31)/t14-/m1/s1. The van der Waals surface area contributed by atoms with Crippen LogP contribution in [0.5, 0.6) is 5.88 Å². The molecular weight excluding hydrogens is 434 g/mol. The van der Waals surface area contributed by atoms with E-state index in [2.05, 4.69) is 27.1 Å². The van der Waals surface area contributed by atoms with Gasteiger partial charge in [-0.2, -0.15) is 18.9 Å². The Kier molecular flexibility index (Phi) is 5.79. The predicted molar refractivity (Wildman–Crippen MR) is 116 cm³/mol. The Hall–Kier alpha value is -3.34. The van der Waals surface area contributed by atoms with Crippen molar-refractivity contribution in [1.29, 1.82) is 0 Å². The molecule has 1 aliphatic heterocycles. The second-order valence-electron chi connectivity index (χ2n) is 8.32. The number of rotatable bonds is 7. The molecule has 33 heavy (non-hydrogen) atoms. The van der Waals surface area contributed by atoms with Gasteiger partial charge >= 0.3 is 6.55 Å². The molecule has 1 aliphatic carbocycles. The van der Waals surface area contributed by atoms with Gasteiger partial charge in [0.2, 0.25) is 5.88 Å². The van der Waals surface area contributed by atoms with E-state index in [-0.39, 0.29) is 29.3 Å². The van der Waals surface area contributed by atoms with Crippen LogP contribution in [0.15, 0.2) is 31.1 Å². The molecule has 1 saturated carbocycles. The van der Waals surface area contributed by atoms with Gasteiger partial charge in [0.15, 0.2) is 11.5 Å². The summed E-state index contributed by atoms with van der Waals surface area (Å²) in [5, 5.41) is 11.4. The number of amides is 1. The van der Waals surface area contributed by atoms with Crippen LogP contribution < -0.4 is 10.1 Å². The van der Waals surface area contributed by atoms with Gasteiger partial charge in [-0.15, -0.1) is 5.10 Å². The second kappa shape index (κ2) is 8.89. The maximum atomic E-state index is 13.1. The average molecular weight is 458 g/mol. The van der Waals surface area contributed by atoms with Crippen LogP contribution in [0.25, 0.3) is 16.7 Å². The van der Waals surface area contributed by atoms with Crippen molar-refractivity contribution in [2.24, 2.45) is 5.92 Å². The number of nitrogens with one attached hydrogen (secondary N) is 1. The van der Waals surface area contributed by atoms with Gasteiger partial charge in [0, 0.05) is 42.1 Å². The summed E-state index contributed by atoms with van der Waals surface area (Å²) in [6.45, 7) is 2.64. The zero-order valence-electron chi connectivity index (χ0n) is 17.9. The van der Waals surface area contributed by atoms with E-state index in [9.17, 15) is 13.6 Å². The molecule has 0 radical (unpaired) electrons. The molecule has 1 atom stereocenters. The van der Waals surface area contributed by atoms with Crippen molar-refractivity contribution in [1.82, 2.24) is 24.5 Å². The molecule has 1 N–H and O–H groups in total. The number of aromatic nitrogens is 5. The number of halogens is 2. The van der Waals surface area contributed by atoms with Crippen LogP contribution in [0.4, 0.5) is 14.6 Å². The predicted octanol–water partition coefficient (Wildman–Crippen LogP) is 4.10. The summed E-state index contributed by atoms with van der Waals surface area (Å²) in [5.41, 5.74) is 1.42. The van der Waals surface area contributed by atoms with Crippen molar-refractivity contribution in [3.05, 3.63) is 36.7 Å². The Morgan fingerprint density at radius 3 is 2.79 bits per heavy atom. The summed E-state index contributed by atoms with van der Waals surface area (Å²) in [6.07, 6.45) is 7.57. The summed E-state index contributed by atoms with van der Waals surface area (Å²) < 4.78 is 39.3. The van der Waals surface area contributed by atoms with E-state index >= 15 is 0 Å². The van der Waals surface area contributed by atoms with Crippen LogP contribution in [-0.2, 0) is 4.74 Å². The smallest absolute Gasteiger partial charge is 0.333 e. The third kappa shape index (κ3) is 4.45. The minimum atomic E-state index is -2.79. The van der Waals surface area contributed by atoms with Gasteiger partial charge in [0.1, 0.15) is 11.7 Å². The SMILES string of the molecule is C=C([C@@H]1CCOC1)n1cc2cc(C(=O)Nc3ccn(C(F)F)n3)c(OC3CCCC3)nc2n1. The lowest BCUT2D eigenvalue weighted by Gasteiger charge is -2.15. The van der Waals surface area contributed by atoms with Gasteiger partial charge in [-0.3, -0.25) is 4.79 Å². The number of alkyl halides is 2. The molecule has 0 aromatic carbocycles. The number of hydrogen-bond donors (Lipinski definition) is 1. The van der Waals surface area contributed by atoms with Gasteiger partial charge in [0.25, 0.3) is 5.91 Å². The average Bonchev–Trinajstić information content (AvgIpc) is 3.59. The number of anilines is 1. The third-order valence-electron chi connectivity index (χ3n) is 6.03. The van der Waals surface area contributed by atoms with Gasteiger partial charge in [-0.05, 0) is 38.2 Å². The summed E-state index contributed by atoms with van der Waals surface area (Å²) in [5.74, 6) is -0.202. The number of ether oxygens (including phenoxy) is 2. The van der Waals surface area contributed by atoms with E-state index in [1.54, 1.807) is 16.9 Å². The van der Waals surface area contributed by atoms with Crippen LogP contribution in [-0.4, -0.2) is 49.8 Å². The summed E-state index contributed by atoms with van der Waals surface area (Å²) in [4.78, 5) is 17.6. The first kappa shape index (κ1) is 21.5. The van der Waals surface area contributed by atoms with Crippen LogP contribution in [0.3, 0.4) is 0 Å². The number of nitrogens with zero attached hydrogens (tertiary/aromatic N) is 5. The van der Waals surface area contributed by atoms with Crippen molar-refractivity contribution < 1.29 is 23.0 Å². The number of hydrogen-bond acceptors (Lipinski definition) is 6. The molecule has 2 fully saturated rings. The monoisotopic (exact) mass is 458 g/mol. The van der Waals surface area contributed by atoms with Crippen LogP contribution in [0, 0.1) is 5.92 Å². The number of fused-ring (bicyclic) bond motifs is 1. The van der Waals surface area contributed by atoms with Crippen LogP contribution in [0.1, 0.15) is 49.0 Å². The first-order valence-electron chi connectivity index (χ1n) is 11.0. The fraction of sp³-hybridized carbons (Fsp3) is 0.455. The number of carbonyl (C=O) groups is 1. The van der Waals surface area contributed by atoms with E-state index in [4.69, 9.17) is 9.47 Å².